The van der Waals surface area contributed by atoms with Crippen molar-refractivity contribution in [2.24, 2.45) is 0 Å². The second-order valence-electron chi connectivity index (χ2n) is 7.50. The second-order valence-corrected chi connectivity index (χ2v) is 7.50. The van der Waals surface area contributed by atoms with Crippen molar-refractivity contribution in [3.63, 3.8) is 0 Å². The standard InChI is InChI=1S/C22H20FN3O4/c23-17-6-3-14(4-7-17)10-20(27)26-9-1-2-16(12-26)22-25-24-21(30-22)15-5-8-18-19(11-15)29-13-28-18/h3-8,11,16H,1-2,9-10,12-13H2/t16-/m0/s1. The Morgan fingerprint density at radius 2 is 1.93 bits per heavy atom. The van der Waals surface area contributed by atoms with E-state index in [1.807, 2.05) is 23.1 Å². The van der Waals surface area contributed by atoms with Crippen LogP contribution < -0.4 is 9.47 Å². The van der Waals surface area contributed by atoms with E-state index in [-0.39, 0.29) is 30.9 Å². The number of nitrogens with zero attached hydrogens (tertiary/aromatic N) is 3. The maximum Gasteiger partial charge on any atom is 0.247 e. The Bertz CT molecular complexity index is 1070. The summed E-state index contributed by atoms with van der Waals surface area (Å²) < 4.78 is 29.7. The number of ether oxygens (including phenoxy) is 2. The van der Waals surface area contributed by atoms with Gasteiger partial charge in [0.25, 0.3) is 0 Å². The fourth-order valence-corrected chi connectivity index (χ4v) is 3.84. The number of halogens is 1. The third-order valence-electron chi connectivity index (χ3n) is 5.45. The van der Waals surface area contributed by atoms with E-state index >= 15 is 0 Å². The number of piperidine rings is 1. The molecule has 0 N–H and O–H groups in total. The summed E-state index contributed by atoms with van der Waals surface area (Å²) in [4.78, 5) is 14.5. The number of fused-ring (bicyclic) bond motifs is 1. The third kappa shape index (κ3) is 3.72. The van der Waals surface area contributed by atoms with Crippen LogP contribution in [0.1, 0.15) is 30.2 Å². The van der Waals surface area contributed by atoms with Gasteiger partial charge in [0.15, 0.2) is 11.5 Å². The molecule has 3 heterocycles. The third-order valence-corrected chi connectivity index (χ3v) is 5.45. The minimum Gasteiger partial charge on any atom is -0.454 e. The molecule has 5 rings (SSSR count). The summed E-state index contributed by atoms with van der Waals surface area (Å²) in [7, 11) is 0. The van der Waals surface area contributed by atoms with Gasteiger partial charge < -0.3 is 18.8 Å². The summed E-state index contributed by atoms with van der Waals surface area (Å²) in [5.74, 6) is 2.00. The molecule has 1 amide bonds. The molecule has 2 aliphatic rings. The molecule has 8 heteroatoms. The zero-order valence-corrected chi connectivity index (χ0v) is 16.2. The molecule has 30 heavy (non-hydrogen) atoms. The zero-order valence-electron chi connectivity index (χ0n) is 16.2. The van der Waals surface area contributed by atoms with Crippen LogP contribution in [0.15, 0.2) is 46.9 Å². The molecule has 0 spiro atoms. The van der Waals surface area contributed by atoms with Gasteiger partial charge in [-0.2, -0.15) is 0 Å². The summed E-state index contributed by atoms with van der Waals surface area (Å²) in [6.45, 7) is 1.43. The van der Waals surface area contributed by atoms with Gasteiger partial charge in [0.1, 0.15) is 5.82 Å². The number of carbonyl (C=O) groups excluding carboxylic acids is 1. The lowest BCUT2D eigenvalue weighted by molar-refractivity contribution is -0.131. The highest BCUT2D eigenvalue weighted by Gasteiger charge is 2.29. The Labute approximate surface area is 172 Å². The highest BCUT2D eigenvalue weighted by molar-refractivity contribution is 5.79. The molecule has 1 fully saturated rings. The molecule has 154 valence electrons. The lowest BCUT2D eigenvalue weighted by Gasteiger charge is -2.31. The molecule has 1 aromatic heterocycles. The monoisotopic (exact) mass is 409 g/mol. The molecular formula is C22H20FN3O4. The predicted octanol–water partition coefficient (Wildman–Crippen LogP) is 3.55. The zero-order chi connectivity index (χ0) is 20.5. The average Bonchev–Trinajstić information content (AvgIpc) is 3.44. The number of carbonyl (C=O) groups is 1. The summed E-state index contributed by atoms with van der Waals surface area (Å²) in [6, 6.07) is 11.5. The van der Waals surface area contributed by atoms with Crippen LogP contribution in [0, 0.1) is 5.82 Å². The van der Waals surface area contributed by atoms with Crippen molar-refractivity contribution in [3.8, 4) is 23.0 Å². The van der Waals surface area contributed by atoms with Crippen LogP contribution in [-0.4, -0.2) is 40.9 Å². The first-order valence-electron chi connectivity index (χ1n) is 9.91. The Hall–Kier alpha value is -3.42. The highest BCUT2D eigenvalue weighted by atomic mass is 19.1. The molecule has 0 radical (unpaired) electrons. The van der Waals surface area contributed by atoms with Crippen LogP contribution in [-0.2, 0) is 11.2 Å². The van der Waals surface area contributed by atoms with E-state index in [0.717, 1.165) is 24.0 Å². The van der Waals surface area contributed by atoms with Gasteiger partial charge in [0.2, 0.25) is 24.5 Å². The first-order chi connectivity index (χ1) is 14.7. The topological polar surface area (TPSA) is 77.7 Å². The van der Waals surface area contributed by atoms with Gasteiger partial charge in [-0.15, -0.1) is 10.2 Å². The van der Waals surface area contributed by atoms with Crippen LogP contribution in [0.25, 0.3) is 11.5 Å². The van der Waals surface area contributed by atoms with Crippen LogP contribution in [0.5, 0.6) is 11.5 Å². The molecule has 2 aromatic carbocycles. The first kappa shape index (κ1) is 18.6. The summed E-state index contributed by atoms with van der Waals surface area (Å²) in [5.41, 5.74) is 1.56. The smallest absolute Gasteiger partial charge is 0.247 e. The number of amides is 1. The number of hydrogen-bond acceptors (Lipinski definition) is 6. The predicted molar refractivity (Wildman–Crippen MR) is 105 cm³/mol. The Balaban J connectivity index is 1.27. The van der Waals surface area contributed by atoms with Crippen molar-refractivity contribution in [3.05, 3.63) is 59.7 Å². The van der Waals surface area contributed by atoms with Gasteiger partial charge in [0, 0.05) is 18.7 Å². The molecule has 0 unspecified atom stereocenters. The average molecular weight is 409 g/mol. The molecule has 7 nitrogen and oxygen atoms in total. The Morgan fingerprint density at radius 3 is 2.80 bits per heavy atom. The van der Waals surface area contributed by atoms with Crippen molar-refractivity contribution in [1.29, 1.82) is 0 Å². The van der Waals surface area contributed by atoms with Crippen molar-refractivity contribution in [1.82, 2.24) is 15.1 Å². The minimum absolute atomic E-state index is 0.00817. The van der Waals surface area contributed by atoms with Gasteiger partial charge in [0.05, 0.1) is 12.3 Å². The van der Waals surface area contributed by atoms with E-state index in [2.05, 4.69) is 10.2 Å². The normalized spacial score (nSPS) is 17.9. The van der Waals surface area contributed by atoms with Crippen LogP contribution in [0.2, 0.25) is 0 Å². The summed E-state index contributed by atoms with van der Waals surface area (Å²) >= 11 is 0. The number of aromatic nitrogens is 2. The number of rotatable bonds is 4. The van der Waals surface area contributed by atoms with Crippen molar-refractivity contribution >= 4 is 5.91 Å². The van der Waals surface area contributed by atoms with E-state index in [9.17, 15) is 9.18 Å². The van der Waals surface area contributed by atoms with Crippen molar-refractivity contribution < 1.29 is 23.1 Å². The molecule has 2 aliphatic heterocycles. The van der Waals surface area contributed by atoms with Gasteiger partial charge >= 0.3 is 0 Å². The summed E-state index contributed by atoms with van der Waals surface area (Å²) in [5, 5.41) is 8.41. The fourth-order valence-electron chi connectivity index (χ4n) is 3.84. The largest absolute Gasteiger partial charge is 0.454 e. The molecule has 3 aromatic rings. The van der Waals surface area contributed by atoms with E-state index in [1.165, 1.54) is 12.1 Å². The second kappa shape index (κ2) is 7.78. The number of benzene rings is 2. The van der Waals surface area contributed by atoms with Gasteiger partial charge in [-0.3, -0.25) is 4.79 Å². The Morgan fingerprint density at radius 1 is 1.10 bits per heavy atom. The fraction of sp³-hybridized carbons (Fsp3) is 0.318. The van der Waals surface area contributed by atoms with Crippen molar-refractivity contribution in [2.45, 2.75) is 25.2 Å². The molecule has 0 aliphatic carbocycles. The van der Waals surface area contributed by atoms with E-state index in [4.69, 9.17) is 13.9 Å². The van der Waals surface area contributed by atoms with Crippen LogP contribution >= 0.6 is 0 Å². The molecule has 0 saturated carbocycles. The van der Waals surface area contributed by atoms with E-state index < -0.39 is 0 Å². The minimum atomic E-state index is -0.307. The Kier molecular flexibility index (Phi) is 4.82. The van der Waals surface area contributed by atoms with Crippen molar-refractivity contribution in [2.75, 3.05) is 19.9 Å². The maximum atomic E-state index is 13.1. The SMILES string of the molecule is O=C(Cc1ccc(F)cc1)N1CCC[C@H](c2nnc(-c3ccc4c(c3)OCO4)o2)C1. The van der Waals surface area contributed by atoms with Gasteiger partial charge in [-0.05, 0) is 48.7 Å². The maximum absolute atomic E-state index is 13.1. The van der Waals surface area contributed by atoms with Gasteiger partial charge in [-0.25, -0.2) is 4.39 Å². The number of hydrogen-bond donors (Lipinski definition) is 0. The van der Waals surface area contributed by atoms with Crippen LogP contribution in [0.3, 0.4) is 0 Å². The number of likely N-dealkylation sites (tertiary alicyclic amines) is 1. The van der Waals surface area contributed by atoms with Gasteiger partial charge in [-0.1, -0.05) is 12.1 Å². The van der Waals surface area contributed by atoms with E-state index in [0.29, 0.717) is 36.4 Å². The molecule has 0 bridgehead atoms. The van der Waals surface area contributed by atoms with Crippen LogP contribution in [0.4, 0.5) is 4.39 Å². The summed E-state index contributed by atoms with van der Waals surface area (Å²) in [6.07, 6.45) is 1.99. The van der Waals surface area contributed by atoms with E-state index in [1.54, 1.807) is 12.1 Å². The first-order valence-corrected chi connectivity index (χ1v) is 9.91. The lowest BCUT2D eigenvalue weighted by atomic mass is 9.97. The lowest BCUT2D eigenvalue weighted by Crippen LogP contribution is -2.40. The molecular weight excluding hydrogens is 389 g/mol. The molecule has 1 atom stereocenters. The molecule has 1 saturated heterocycles. The quantitative estimate of drug-likeness (QED) is 0.656. The highest BCUT2D eigenvalue weighted by Crippen LogP contribution is 2.36.